The molecule has 2 N–H and O–H groups in total. The van der Waals surface area contributed by atoms with Crippen LogP contribution in [0.5, 0.6) is 11.5 Å². The molecule has 6 nitrogen and oxygen atoms in total. The molecule has 1 amide bonds. The van der Waals surface area contributed by atoms with Crippen molar-refractivity contribution in [2.24, 2.45) is 0 Å². The molecule has 0 unspecified atom stereocenters. The summed E-state index contributed by atoms with van der Waals surface area (Å²) in [6.45, 7) is 2.39. The predicted octanol–water partition coefficient (Wildman–Crippen LogP) is 4.53. The quantitative estimate of drug-likeness (QED) is 0.342. The number of amides is 1. The van der Waals surface area contributed by atoms with Gasteiger partial charge in [-0.05, 0) is 43.1 Å². The molecule has 0 fully saturated rings. The smallest absolute Gasteiger partial charge is 0.328 e. The van der Waals surface area contributed by atoms with Gasteiger partial charge in [0.25, 0.3) is 0 Å². The summed E-state index contributed by atoms with van der Waals surface area (Å²) in [5, 5.41) is 5.56. The summed E-state index contributed by atoms with van der Waals surface area (Å²) >= 11 is 0. The summed E-state index contributed by atoms with van der Waals surface area (Å²) in [7, 11) is 3.41. The first kappa shape index (κ1) is 26.6. The van der Waals surface area contributed by atoms with Gasteiger partial charge in [-0.2, -0.15) is 0 Å². The van der Waals surface area contributed by atoms with Crippen LogP contribution in [-0.2, 0) is 22.6 Å². The predicted molar refractivity (Wildman–Crippen MR) is 135 cm³/mol. The fourth-order valence-electron chi connectivity index (χ4n) is 3.07. The van der Waals surface area contributed by atoms with Gasteiger partial charge in [0.05, 0.1) is 0 Å². The Balaban J connectivity index is 0.000000509. The minimum atomic E-state index is -0.436. The highest BCUT2D eigenvalue weighted by atomic mass is 16.6. The summed E-state index contributed by atoms with van der Waals surface area (Å²) in [6.07, 6.45) is 2.14. The Bertz CT molecular complexity index is 994. The van der Waals surface area contributed by atoms with Crippen molar-refractivity contribution in [3.05, 3.63) is 96.1 Å². The van der Waals surface area contributed by atoms with Crippen LogP contribution >= 0.6 is 0 Å². The Labute approximate surface area is 202 Å². The first-order chi connectivity index (χ1) is 16.6. The molecule has 0 saturated carbocycles. The van der Waals surface area contributed by atoms with Gasteiger partial charge in [0, 0.05) is 13.5 Å². The largest absolute Gasteiger partial charge is 0.485 e. The highest BCUT2D eigenvalue weighted by Gasteiger charge is 2.20. The molecule has 0 heterocycles. The number of benzene rings is 3. The van der Waals surface area contributed by atoms with Crippen molar-refractivity contribution in [1.29, 1.82) is 0 Å². The summed E-state index contributed by atoms with van der Waals surface area (Å²) in [5.74, 6) is 0.760. The maximum Gasteiger partial charge on any atom is 0.328 e. The van der Waals surface area contributed by atoms with Gasteiger partial charge in [-0.25, -0.2) is 4.79 Å². The van der Waals surface area contributed by atoms with Gasteiger partial charge in [0.15, 0.2) is 11.5 Å². The van der Waals surface area contributed by atoms with Crippen molar-refractivity contribution in [3.63, 3.8) is 0 Å². The van der Waals surface area contributed by atoms with Crippen molar-refractivity contribution in [1.82, 2.24) is 10.6 Å². The third-order valence-corrected chi connectivity index (χ3v) is 4.97. The molecule has 6 heteroatoms. The van der Waals surface area contributed by atoms with Crippen molar-refractivity contribution >= 4 is 11.9 Å². The number of hydrogen-bond acceptors (Lipinski definition) is 5. The molecule has 3 rings (SSSR count). The third kappa shape index (κ3) is 9.46. The average molecular weight is 463 g/mol. The minimum Gasteiger partial charge on any atom is -0.485 e. The summed E-state index contributed by atoms with van der Waals surface area (Å²) in [4.78, 5) is 22.9. The lowest BCUT2D eigenvalue weighted by Crippen LogP contribution is -2.39. The number of likely N-dealkylation sites (N-methyl/N-ethyl adjacent to an activating group) is 1. The van der Waals surface area contributed by atoms with E-state index in [1.165, 1.54) is 0 Å². The number of esters is 1. The van der Waals surface area contributed by atoms with Gasteiger partial charge in [0.1, 0.15) is 12.6 Å². The number of para-hydroxylation sites is 2. The average Bonchev–Trinajstić information content (AvgIpc) is 2.88. The maximum absolute atomic E-state index is 12.6. The lowest BCUT2D eigenvalue weighted by atomic mass is 10.1. The number of ether oxygens (including phenoxy) is 2. The van der Waals surface area contributed by atoms with Crippen LogP contribution in [0.3, 0.4) is 0 Å². The summed E-state index contributed by atoms with van der Waals surface area (Å²) in [5.41, 5.74) is 2.12. The molecule has 34 heavy (non-hydrogen) atoms. The van der Waals surface area contributed by atoms with E-state index in [0.717, 1.165) is 17.5 Å². The summed E-state index contributed by atoms with van der Waals surface area (Å²) < 4.78 is 11.5. The standard InChI is InChI=1S/C23H23NO3.C5H11NO/c1-24-20(16-18-10-4-2-5-11-18)23(25)27-22-15-9-8-14-21(22)26-17-19-12-6-3-7-13-19;1-3-4-5(7)6-2/h2-15,20,24H,16-17H2,1H3;3-4H2,1-2H3,(H,6,7)/t20-;/m1./s1. The second-order valence-corrected chi connectivity index (χ2v) is 7.60. The monoisotopic (exact) mass is 462 g/mol. The van der Waals surface area contributed by atoms with E-state index < -0.39 is 6.04 Å². The SMILES string of the molecule is CCCC(=O)NC.CN[C@H](Cc1ccccc1)C(=O)Oc1ccccc1OCc1ccccc1. The van der Waals surface area contributed by atoms with E-state index in [1.807, 2.05) is 79.7 Å². The van der Waals surface area contributed by atoms with Gasteiger partial charge in [-0.15, -0.1) is 0 Å². The van der Waals surface area contributed by atoms with Crippen LogP contribution in [0.25, 0.3) is 0 Å². The molecule has 0 bridgehead atoms. The molecule has 0 radical (unpaired) electrons. The highest BCUT2D eigenvalue weighted by Crippen LogP contribution is 2.27. The molecule has 1 atom stereocenters. The Hall–Kier alpha value is -3.64. The van der Waals surface area contributed by atoms with Gasteiger partial charge < -0.3 is 20.1 Å². The van der Waals surface area contributed by atoms with E-state index in [0.29, 0.717) is 30.9 Å². The Morgan fingerprint density at radius 2 is 1.35 bits per heavy atom. The molecule has 3 aromatic rings. The number of carbonyl (C=O) groups excluding carboxylic acids is 2. The van der Waals surface area contributed by atoms with E-state index in [4.69, 9.17) is 9.47 Å². The first-order valence-electron chi connectivity index (χ1n) is 11.5. The number of nitrogens with one attached hydrogen (secondary N) is 2. The zero-order valence-corrected chi connectivity index (χ0v) is 20.1. The second kappa shape index (κ2) is 15.2. The Morgan fingerprint density at radius 3 is 1.88 bits per heavy atom. The zero-order chi connectivity index (χ0) is 24.6. The molecule has 0 aromatic heterocycles. The molecular weight excluding hydrogens is 428 g/mol. The molecule has 0 aliphatic heterocycles. The fraction of sp³-hybridized carbons (Fsp3) is 0.286. The molecule has 3 aromatic carbocycles. The van der Waals surface area contributed by atoms with Crippen LogP contribution in [0, 0.1) is 0 Å². The highest BCUT2D eigenvalue weighted by molar-refractivity contribution is 5.79. The molecule has 0 aliphatic rings. The van der Waals surface area contributed by atoms with E-state index >= 15 is 0 Å². The van der Waals surface area contributed by atoms with Crippen LogP contribution < -0.4 is 20.1 Å². The van der Waals surface area contributed by atoms with E-state index in [1.54, 1.807) is 26.2 Å². The maximum atomic E-state index is 12.6. The molecule has 0 spiro atoms. The molecule has 180 valence electrons. The van der Waals surface area contributed by atoms with Crippen molar-refractivity contribution in [2.75, 3.05) is 14.1 Å². The first-order valence-corrected chi connectivity index (χ1v) is 11.5. The van der Waals surface area contributed by atoms with Crippen molar-refractivity contribution in [3.8, 4) is 11.5 Å². The van der Waals surface area contributed by atoms with Gasteiger partial charge in [-0.1, -0.05) is 79.7 Å². The topological polar surface area (TPSA) is 76.7 Å². The normalized spacial score (nSPS) is 10.9. The van der Waals surface area contributed by atoms with Gasteiger partial charge in [0.2, 0.25) is 5.91 Å². The van der Waals surface area contributed by atoms with E-state index in [9.17, 15) is 9.59 Å². The van der Waals surface area contributed by atoms with Crippen LogP contribution in [0.2, 0.25) is 0 Å². The van der Waals surface area contributed by atoms with Crippen LogP contribution in [0.1, 0.15) is 30.9 Å². The van der Waals surface area contributed by atoms with E-state index in [2.05, 4.69) is 10.6 Å². The Morgan fingerprint density at radius 1 is 0.794 bits per heavy atom. The second-order valence-electron chi connectivity index (χ2n) is 7.60. The zero-order valence-electron chi connectivity index (χ0n) is 20.1. The third-order valence-electron chi connectivity index (χ3n) is 4.97. The fourth-order valence-corrected chi connectivity index (χ4v) is 3.07. The number of carbonyl (C=O) groups is 2. The number of hydrogen-bond donors (Lipinski definition) is 2. The van der Waals surface area contributed by atoms with E-state index in [-0.39, 0.29) is 11.9 Å². The van der Waals surface area contributed by atoms with Gasteiger partial charge in [-0.3, -0.25) is 4.79 Å². The van der Waals surface area contributed by atoms with Gasteiger partial charge >= 0.3 is 5.97 Å². The lowest BCUT2D eigenvalue weighted by molar-refractivity contribution is -0.136. The molecule has 0 aliphatic carbocycles. The van der Waals surface area contributed by atoms with Crippen molar-refractivity contribution in [2.45, 2.75) is 38.8 Å². The molecule has 0 saturated heterocycles. The lowest BCUT2D eigenvalue weighted by Gasteiger charge is -2.17. The summed E-state index contributed by atoms with van der Waals surface area (Å²) in [6, 6.07) is 26.5. The minimum absolute atomic E-state index is 0.127. The van der Waals surface area contributed by atoms with Crippen molar-refractivity contribution < 1.29 is 19.1 Å². The van der Waals surface area contributed by atoms with Crippen LogP contribution in [0.15, 0.2) is 84.9 Å². The molecular formula is C28H34N2O4. The van der Waals surface area contributed by atoms with Crippen LogP contribution in [0.4, 0.5) is 0 Å². The van der Waals surface area contributed by atoms with Crippen LogP contribution in [-0.4, -0.2) is 32.0 Å². The Kier molecular flexibility index (Phi) is 11.9. The number of rotatable bonds is 10.